The van der Waals surface area contributed by atoms with Crippen molar-refractivity contribution in [1.29, 1.82) is 0 Å². The number of rotatable bonds is 5. The van der Waals surface area contributed by atoms with Crippen LogP contribution in [0.5, 0.6) is 0 Å². The van der Waals surface area contributed by atoms with Crippen LogP contribution in [0.2, 0.25) is 0 Å². The van der Waals surface area contributed by atoms with Gasteiger partial charge in [-0.15, -0.1) is 0 Å². The van der Waals surface area contributed by atoms with Gasteiger partial charge in [-0.2, -0.15) is 0 Å². The molecule has 0 unspecified atom stereocenters. The fourth-order valence-corrected chi connectivity index (χ4v) is 1.17. The lowest BCUT2D eigenvalue weighted by Gasteiger charge is -2.19. The first-order valence-corrected chi connectivity index (χ1v) is 5.54. The number of imidazole rings is 1. The molecule has 1 aromatic heterocycles. The van der Waals surface area contributed by atoms with Gasteiger partial charge in [0.15, 0.2) is 0 Å². The van der Waals surface area contributed by atoms with Crippen LogP contribution in [-0.4, -0.2) is 33.2 Å². The number of carboxylic acids is 1. The monoisotopic (exact) mass is 254 g/mol. The van der Waals surface area contributed by atoms with Crippen molar-refractivity contribution in [3.8, 4) is 0 Å². The van der Waals surface area contributed by atoms with Gasteiger partial charge in [-0.3, -0.25) is 4.79 Å². The maximum atomic E-state index is 11.5. The molecule has 0 spiro atoms. The van der Waals surface area contributed by atoms with Gasteiger partial charge in [0.1, 0.15) is 5.82 Å². The smallest absolute Gasteiger partial charge is 0.315 e. The van der Waals surface area contributed by atoms with Crippen LogP contribution in [0.25, 0.3) is 0 Å². The fourth-order valence-electron chi connectivity index (χ4n) is 1.17. The number of nitrogens with one attached hydrogen (secondary N) is 2. The van der Waals surface area contributed by atoms with Crippen LogP contribution in [0.4, 0.5) is 4.79 Å². The summed E-state index contributed by atoms with van der Waals surface area (Å²) in [6, 6.07) is -0.410. The van der Waals surface area contributed by atoms with E-state index in [1.54, 1.807) is 30.8 Å². The second kappa shape index (κ2) is 5.52. The number of carbonyl (C=O) groups is 2. The van der Waals surface area contributed by atoms with Gasteiger partial charge >= 0.3 is 12.0 Å². The SMILES string of the molecule is Cn1ccnc1CNC(=O)NCC(C)(C)C(=O)O. The Balaban J connectivity index is 2.35. The highest BCUT2D eigenvalue weighted by molar-refractivity contribution is 5.77. The van der Waals surface area contributed by atoms with Crippen LogP contribution >= 0.6 is 0 Å². The van der Waals surface area contributed by atoms with Gasteiger partial charge in [-0.1, -0.05) is 0 Å². The minimum absolute atomic E-state index is 0.0642. The number of aliphatic carboxylic acids is 1. The quantitative estimate of drug-likeness (QED) is 0.705. The largest absolute Gasteiger partial charge is 0.481 e. The highest BCUT2D eigenvalue weighted by atomic mass is 16.4. The van der Waals surface area contributed by atoms with Crippen LogP contribution in [-0.2, 0) is 18.4 Å². The van der Waals surface area contributed by atoms with Gasteiger partial charge in [0.25, 0.3) is 0 Å². The third-order valence-corrected chi connectivity index (χ3v) is 2.60. The van der Waals surface area contributed by atoms with Crippen LogP contribution < -0.4 is 10.6 Å². The predicted octanol–water partition coefficient (Wildman–Crippen LogP) is 0.330. The van der Waals surface area contributed by atoms with E-state index >= 15 is 0 Å². The molecule has 0 aliphatic heterocycles. The van der Waals surface area contributed by atoms with Crippen molar-refractivity contribution >= 4 is 12.0 Å². The summed E-state index contributed by atoms with van der Waals surface area (Å²) in [4.78, 5) is 26.4. The van der Waals surface area contributed by atoms with Crippen molar-refractivity contribution in [1.82, 2.24) is 20.2 Å². The molecule has 0 aromatic carbocycles. The van der Waals surface area contributed by atoms with Crippen molar-refractivity contribution in [2.75, 3.05) is 6.54 Å². The molecule has 7 nitrogen and oxygen atoms in total. The molecule has 0 radical (unpaired) electrons. The first-order chi connectivity index (χ1) is 8.33. The van der Waals surface area contributed by atoms with Crippen LogP contribution in [0.15, 0.2) is 12.4 Å². The Labute approximate surface area is 105 Å². The second-order valence-corrected chi connectivity index (χ2v) is 4.68. The van der Waals surface area contributed by atoms with E-state index in [2.05, 4.69) is 15.6 Å². The zero-order valence-electron chi connectivity index (χ0n) is 10.7. The third kappa shape index (κ3) is 3.76. The molecule has 0 bridgehead atoms. The van der Waals surface area contributed by atoms with Crippen LogP contribution in [0.3, 0.4) is 0 Å². The summed E-state index contributed by atoms with van der Waals surface area (Å²) in [5.74, 6) is -0.227. The highest BCUT2D eigenvalue weighted by Crippen LogP contribution is 2.12. The number of amides is 2. The number of aryl methyl sites for hydroxylation is 1. The second-order valence-electron chi connectivity index (χ2n) is 4.68. The standard InChI is InChI=1S/C11H18N4O3/c1-11(2,9(16)17)7-14-10(18)13-6-8-12-4-5-15(8)3/h4-5H,6-7H2,1-3H3,(H,16,17)(H2,13,14,18). The maximum absolute atomic E-state index is 11.5. The minimum Gasteiger partial charge on any atom is -0.481 e. The summed E-state index contributed by atoms with van der Waals surface area (Å²) in [7, 11) is 1.83. The third-order valence-electron chi connectivity index (χ3n) is 2.60. The van der Waals surface area contributed by atoms with E-state index in [0.717, 1.165) is 5.82 Å². The van der Waals surface area contributed by atoms with Crippen molar-refractivity contribution < 1.29 is 14.7 Å². The van der Waals surface area contributed by atoms with E-state index in [4.69, 9.17) is 5.11 Å². The summed E-state index contributed by atoms with van der Waals surface area (Å²) >= 11 is 0. The van der Waals surface area contributed by atoms with Crippen molar-refractivity contribution in [3.05, 3.63) is 18.2 Å². The Kier molecular flexibility index (Phi) is 4.30. The van der Waals surface area contributed by atoms with E-state index in [0.29, 0.717) is 6.54 Å². The van der Waals surface area contributed by atoms with Gasteiger partial charge in [0.2, 0.25) is 0 Å². The molecule has 0 aliphatic carbocycles. The van der Waals surface area contributed by atoms with Gasteiger partial charge < -0.3 is 20.3 Å². The molecule has 100 valence electrons. The molecular weight excluding hydrogens is 236 g/mol. The molecule has 0 fully saturated rings. The Morgan fingerprint density at radius 1 is 1.44 bits per heavy atom. The molecule has 3 N–H and O–H groups in total. The van der Waals surface area contributed by atoms with E-state index in [9.17, 15) is 9.59 Å². The van der Waals surface area contributed by atoms with Crippen molar-refractivity contribution in [3.63, 3.8) is 0 Å². The average Bonchev–Trinajstić information content (AvgIpc) is 2.69. The van der Waals surface area contributed by atoms with Gasteiger partial charge in [0.05, 0.1) is 12.0 Å². The molecule has 1 rings (SSSR count). The zero-order valence-corrected chi connectivity index (χ0v) is 10.7. The fraction of sp³-hybridized carbons (Fsp3) is 0.545. The number of carbonyl (C=O) groups excluding carboxylic acids is 1. The zero-order chi connectivity index (χ0) is 13.8. The topological polar surface area (TPSA) is 96.3 Å². The number of hydrogen-bond donors (Lipinski definition) is 3. The predicted molar refractivity (Wildman–Crippen MR) is 64.9 cm³/mol. The summed E-state index contributed by atoms with van der Waals surface area (Å²) in [5.41, 5.74) is -0.986. The van der Waals surface area contributed by atoms with Crippen molar-refractivity contribution in [2.45, 2.75) is 20.4 Å². The van der Waals surface area contributed by atoms with Gasteiger partial charge in [-0.05, 0) is 13.8 Å². The Bertz CT molecular complexity index is 439. The Hall–Kier alpha value is -2.05. The number of carboxylic acid groups (broad SMARTS) is 1. The Morgan fingerprint density at radius 3 is 2.61 bits per heavy atom. The summed E-state index contributed by atoms with van der Waals surface area (Å²) in [5, 5.41) is 14.0. The normalized spacial score (nSPS) is 11.1. The van der Waals surface area contributed by atoms with Gasteiger partial charge in [-0.25, -0.2) is 9.78 Å². The van der Waals surface area contributed by atoms with E-state index < -0.39 is 17.4 Å². The van der Waals surface area contributed by atoms with E-state index in [1.807, 2.05) is 7.05 Å². The van der Waals surface area contributed by atoms with E-state index in [1.165, 1.54) is 0 Å². The molecular formula is C11H18N4O3. The number of aromatic nitrogens is 2. The lowest BCUT2D eigenvalue weighted by Crippen LogP contribution is -2.43. The first-order valence-electron chi connectivity index (χ1n) is 5.54. The molecule has 7 heteroatoms. The molecule has 0 aliphatic rings. The highest BCUT2D eigenvalue weighted by Gasteiger charge is 2.27. The molecule has 1 heterocycles. The Morgan fingerprint density at radius 2 is 2.11 bits per heavy atom. The molecule has 0 saturated heterocycles. The summed E-state index contributed by atoms with van der Waals surface area (Å²) < 4.78 is 1.79. The maximum Gasteiger partial charge on any atom is 0.315 e. The molecule has 2 amide bonds. The van der Waals surface area contributed by atoms with E-state index in [-0.39, 0.29) is 6.54 Å². The first kappa shape index (κ1) is 14.0. The molecule has 18 heavy (non-hydrogen) atoms. The number of urea groups is 1. The number of nitrogens with zero attached hydrogens (tertiary/aromatic N) is 2. The number of hydrogen-bond acceptors (Lipinski definition) is 3. The summed E-state index contributed by atoms with van der Waals surface area (Å²) in [6.45, 7) is 3.46. The molecule has 0 atom stereocenters. The lowest BCUT2D eigenvalue weighted by molar-refractivity contribution is -0.146. The van der Waals surface area contributed by atoms with Crippen LogP contribution in [0, 0.1) is 5.41 Å². The average molecular weight is 254 g/mol. The van der Waals surface area contributed by atoms with Gasteiger partial charge in [0, 0.05) is 26.0 Å². The lowest BCUT2D eigenvalue weighted by atomic mass is 9.94. The molecule has 1 aromatic rings. The summed E-state index contributed by atoms with van der Waals surface area (Å²) in [6.07, 6.45) is 3.42. The minimum atomic E-state index is -0.986. The van der Waals surface area contributed by atoms with Crippen molar-refractivity contribution in [2.24, 2.45) is 12.5 Å². The molecule has 0 saturated carbocycles. The van der Waals surface area contributed by atoms with Crippen LogP contribution in [0.1, 0.15) is 19.7 Å².